The molecule has 2 atom stereocenters. The number of hydrogen-bond donors (Lipinski definition) is 3. The van der Waals surface area contributed by atoms with Crippen molar-refractivity contribution in [3.63, 3.8) is 0 Å². The lowest BCUT2D eigenvalue weighted by molar-refractivity contribution is 0.140. The van der Waals surface area contributed by atoms with Gasteiger partial charge in [-0.3, -0.25) is 4.90 Å². The van der Waals surface area contributed by atoms with Gasteiger partial charge in [0.25, 0.3) is 0 Å². The Hall–Kier alpha value is -2.37. The molecule has 1 aliphatic carbocycles. The standard InChI is InChI=1S/C22H27N3O2/c26-20-14-17-8-4-5-9-19(17)21(20)24-22(27)23-18-10-12-25(13-11-18)15-16-6-2-1-3-7-16/h1-9,18,20-21,26H,10-15H2,(H2,23,24,27)/t20-,21+/m0/s1. The molecular weight excluding hydrogens is 338 g/mol. The number of carbonyl (C=O) groups is 1. The van der Waals surface area contributed by atoms with Crippen LogP contribution in [0.15, 0.2) is 54.6 Å². The summed E-state index contributed by atoms with van der Waals surface area (Å²) in [7, 11) is 0. The number of hydrogen-bond acceptors (Lipinski definition) is 3. The zero-order valence-corrected chi connectivity index (χ0v) is 15.5. The summed E-state index contributed by atoms with van der Waals surface area (Å²) in [5.74, 6) is 0. The van der Waals surface area contributed by atoms with Crippen molar-refractivity contribution in [1.82, 2.24) is 15.5 Å². The van der Waals surface area contributed by atoms with E-state index in [0.29, 0.717) is 6.42 Å². The molecule has 5 nitrogen and oxygen atoms in total. The third-order valence-electron chi connectivity index (χ3n) is 5.66. The highest BCUT2D eigenvalue weighted by Gasteiger charge is 2.32. The molecule has 5 heteroatoms. The number of carbonyl (C=O) groups excluding carboxylic acids is 1. The fourth-order valence-corrected chi connectivity index (χ4v) is 4.19. The van der Waals surface area contributed by atoms with E-state index >= 15 is 0 Å². The number of nitrogens with zero attached hydrogens (tertiary/aromatic N) is 1. The number of aliphatic hydroxyl groups is 1. The number of likely N-dealkylation sites (tertiary alicyclic amines) is 1. The number of urea groups is 1. The molecule has 1 heterocycles. The average Bonchev–Trinajstić information content (AvgIpc) is 2.99. The van der Waals surface area contributed by atoms with E-state index in [1.54, 1.807) is 0 Å². The normalized spacial score (nSPS) is 23.0. The molecule has 0 radical (unpaired) electrons. The summed E-state index contributed by atoms with van der Waals surface area (Å²) < 4.78 is 0. The Morgan fingerprint density at radius 2 is 1.70 bits per heavy atom. The molecule has 4 rings (SSSR count). The number of rotatable bonds is 4. The third-order valence-corrected chi connectivity index (χ3v) is 5.66. The summed E-state index contributed by atoms with van der Waals surface area (Å²) in [5.41, 5.74) is 3.47. The summed E-state index contributed by atoms with van der Waals surface area (Å²) in [6.45, 7) is 2.92. The maximum Gasteiger partial charge on any atom is 0.315 e. The number of nitrogens with one attached hydrogen (secondary N) is 2. The molecule has 2 aromatic carbocycles. The second-order valence-electron chi connectivity index (χ2n) is 7.60. The molecule has 1 fully saturated rings. The van der Waals surface area contributed by atoms with Gasteiger partial charge in [0, 0.05) is 32.1 Å². The SMILES string of the molecule is O=C(NC1CCN(Cc2ccccc2)CC1)N[C@@H]1c2ccccc2C[C@@H]1O. The summed E-state index contributed by atoms with van der Waals surface area (Å²) in [6, 6.07) is 18.1. The van der Waals surface area contributed by atoms with Crippen molar-refractivity contribution in [1.29, 1.82) is 0 Å². The Morgan fingerprint density at radius 1 is 1.00 bits per heavy atom. The van der Waals surface area contributed by atoms with Gasteiger partial charge in [-0.2, -0.15) is 0 Å². The van der Waals surface area contributed by atoms with Crippen molar-refractivity contribution in [3.8, 4) is 0 Å². The van der Waals surface area contributed by atoms with Crippen LogP contribution in [0.5, 0.6) is 0 Å². The minimum Gasteiger partial charge on any atom is -0.390 e. The zero-order chi connectivity index (χ0) is 18.6. The van der Waals surface area contributed by atoms with Crippen molar-refractivity contribution >= 4 is 6.03 Å². The quantitative estimate of drug-likeness (QED) is 0.780. The summed E-state index contributed by atoms with van der Waals surface area (Å²) >= 11 is 0. The zero-order valence-electron chi connectivity index (χ0n) is 15.5. The van der Waals surface area contributed by atoms with Gasteiger partial charge in [0.15, 0.2) is 0 Å². The van der Waals surface area contributed by atoms with E-state index < -0.39 is 6.10 Å². The van der Waals surface area contributed by atoms with Crippen molar-refractivity contribution in [2.24, 2.45) is 0 Å². The van der Waals surface area contributed by atoms with Crippen LogP contribution in [0.2, 0.25) is 0 Å². The number of amides is 2. The predicted octanol–water partition coefficient (Wildman–Crippen LogP) is 2.61. The number of fused-ring (bicyclic) bond motifs is 1. The minimum absolute atomic E-state index is 0.183. The lowest BCUT2D eigenvalue weighted by Crippen LogP contribution is -2.49. The van der Waals surface area contributed by atoms with Crippen LogP contribution in [-0.4, -0.2) is 41.3 Å². The fraction of sp³-hybridized carbons (Fsp3) is 0.409. The summed E-state index contributed by atoms with van der Waals surface area (Å²) in [6.07, 6.45) is 1.94. The molecule has 0 saturated carbocycles. The van der Waals surface area contributed by atoms with Gasteiger partial charge >= 0.3 is 6.03 Å². The van der Waals surface area contributed by atoms with Gasteiger partial charge in [-0.1, -0.05) is 54.6 Å². The van der Waals surface area contributed by atoms with Crippen LogP contribution in [0.3, 0.4) is 0 Å². The van der Waals surface area contributed by atoms with Gasteiger partial charge in [-0.15, -0.1) is 0 Å². The van der Waals surface area contributed by atoms with Crippen molar-refractivity contribution in [2.45, 2.75) is 44.0 Å². The molecule has 0 aromatic heterocycles. The topological polar surface area (TPSA) is 64.6 Å². The van der Waals surface area contributed by atoms with Crippen molar-refractivity contribution < 1.29 is 9.90 Å². The van der Waals surface area contributed by atoms with Crippen LogP contribution in [0, 0.1) is 0 Å². The van der Waals surface area contributed by atoms with Gasteiger partial charge in [-0.25, -0.2) is 4.79 Å². The van der Waals surface area contributed by atoms with Crippen molar-refractivity contribution in [3.05, 3.63) is 71.3 Å². The van der Waals surface area contributed by atoms with E-state index in [-0.39, 0.29) is 18.1 Å². The molecule has 1 aliphatic heterocycles. The van der Waals surface area contributed by atoms with Gasteiger partial charge in [0.1, 0.15) is 0 Å². The largest absolute Gasteiger partial charge is 0.390 e. The number of aliphatic hydroxyl groups excluding tert-OH is 1. The minimum atomic E-state index is -0.555. The Kier molecular flexibility index (Phi) is 5.41. The van der Waals surface area contributed by atoms with Crippen LogP contribution < -0.4 is 10.6 Å². The van der Waals surface area contributed by atoms with Crippen LogP contribution >= 0.6 is 0 Å². The highest BCUT2D eigenvalue weighted by Crippen LogP contribution is 2.31. The fourth-order valence-electron chi connectivity index (χ4n) is 4.19. The first-order valence-corrected chi connectivity index (χ1v) is 9.78. The maximum absolute atomic E-state index is 12.4. The van der Waals surface area contributed by atoms with E-state index in [1.165, 1.54) is 5.56 Å². The Labute approximate surface area is 160 Å². The van der Waals surface area contributed by atoms with E-state index in [9.17, 15) is 9.90 Å². The Morgan fingerprint density at radius 3 is 2.48 bits per heavy atom. The van der Waals surface area contributed by atoms with Gasteiger partial charge in [0.2, 0.25) is 0 Å². The number of benzene rings is 2. The first-order valence-electron chi connectivity index (χ1n) is 9.78. The molecule has 27 heavy (non-hydrogen) atoms. The molecule has 0 bridgehead atoms. The molecule has 2 aromatic rings. The van der Waals surface area contributed by atoms with Crippen LogP contribution in [0.25, 0.3) is 0 Å². The first-order chi connectivity index (χ1) is 13.2. The van der Waals surface area contributed by atoms with E-state index in [0.717, 1.165) is 43.6 Å². The van der Waals surface area contributed by atoms with E-state index in [1.807, 2.05) is 30.3 Å². The summed E-state index contributed by atoms with van der Waals surface area (Å²) in [4.78, 5) is 14.9. The number of piperidine rings is 1. The molecule has 2 amide bonds. The van der Waals surface area contributed by atoms with Crippen LogP contribution in [-0.2, 0) is 13.0 Å². The Bertz CT molecular complexity index is 772. The third kappa shape index (κ3) is 4.31. The maximum atomic E-state index is 12.4. The van der Waals surface area contributed by atoms with Crippen LogP contribution in [0.1, 0.15) is 35.6 Å². The molecule has 0 spiro atoms. The first kappa shape index (κ1) is 18.0. The smallest absolute Gasteiger partial charge is 0.315 e. The monoisotopic (exact) mass is 365 g/mol. The van der Waals surface area contributed by atoms with Crippen molar-refractivity contribution in [2.75, 3.05) is 13.1 Å². The van der Waals surface area contributed by atoms with Gasteiger partial charge in [0.05, 0.1) is 12.1 Å². The highest BCUT2D eigenvalue weighted by molar-refractivity contribution is 5.75. The van der Waals surface area contributed by atoms with E-state index in [2.05, 4.69) is 39.8 Å². The average molecular weight is 365 g/mol. The summed E-state index contributed by atoms with van der Waals surface area (Å²) in [5, 5.41) is 16.4. The molecular formula is C22H27N3O2. The lowest BCUT2D eigenvalue weighted by Gasteiger charge is -2.32. The second-order valence-corrected chi connectivity index (χ2v) is 7.60. The molecule has 1 saturated heterocycles. The van der Waals surface area contributed by atoms with E-state index in [4.69, 9.17) is 0 Å². The molecule has 0 unspecified atom stereocenters. The lowest BCUT2D eigenvalue weighted by atomic mass is 10.0. The van der Waals surface area contributed by atoms with Gasteiger partial charge < -0.3 is 15.7 Å². The highest BCUT2D eigenvalue weighted by atomic mass is 16.3. The molecule has 142 valence electrons. The van der Waals surface area contributed by atoms with Gasteiger partial charge in [-0.05, 0) is 29.5 Å². The molecule has 3 N–H and O–H groups in total. The second kappa shape index (κ2) is 8.11. The predicted molar refractivity (Wildman–Crippen MR) is 105 cm³/mol. The molecule has 2 aliphatic rings. The Balaban J connectivity index is 1.25. The van der Waals surface area contributed by atoms with Crippen LogP contribution in [0.4, 0.5) is 4.79 Å².